The Hall–Kier alpha value is -1.27. The van der Waals surface area contributed by atoms with Crippen LogP contribution < -0.4 is 0 Å². The molecule has 6 heteroatoms. The largest absolute Gasteiger partial charge is 0.275 e. The highest BCUT2D eigenvalue weighted by Crippen LogP contribution is 2.32. The molecule has 2 amide bonds. The second kappa shape index (κ2) is 9.69. The van der Waals surface area contributed by atoms with Crippen LogP contribution in [0.4, 0.5) is 0 Å². The monoisotopic (exact) mass is 338 g/mol. The smallest absolute Gasteiger partial charge is 0.253 e. The summed E-state index contributed by atoms with van der Waals surface area (Å²) in [4.78, 5) is 27.3. The van der Waals surface area contributed by atoms with Gasteiger partial charge in [-0.15, -0.1) is 0 Å². The van der Waals surface area contributed by atoms with Crippen LogP contribution >= 0.6 is 21.6 Å². The van der Waals surface area contributed by atoms with Crippen molar-refractivity contribution in [3.63, 3.8) is 0 Å². The zero-order valence-corrected chi connectivity index (χ0v) is 15.0. The molecule has 0 radical (unpaired) electrons. The van der Waals surface area contributed by atoms with Crippen LogP contribution in [0.25, 0.3) is 0 Å². The Morgan fingerprint density at radius 3 is 2.18 bits per heavy atom. The van der Waals surface area contributed by atoms with E-state index in [1.54, 1.807) is 10.8 Å². The molecule has 120 valence electrons. The van der Waals surface area contributed by atoms with Gasteiger partial charge >= 0.3 is 0 Å². The topological polar surface area (TPSA) is 50.3 Å². The van der Waals surface area contributed by atoms with E-state index in [1.807, 2.05) is 49.0 Å². The molecule has 4 nitrogen and oxygen atoms in total. The van der Waals surface area contributed by atoms with E-state index in [2.05, 4.69) is 18.8 Å². The van der Waals surface area contributed by atoms with E-state index < -0.39 is 0 Å². The SMILES string of the molecule is CC(C)CN1C(=O)C=CC1=O.CC(C)SSc1ccccn1. The summed E-state index contributed by atoms with van der Waals surface area (Å²) in [5.41, 5.74) is 0. The normalized spacial score (nSPS) is 13.8. The molecular weight excluding hydrogens is 316 g/mol. The predicted molar refractivity (Wildman–Crippen MR) is 93.5 cm³/mol. The fraction of sp³-hybridized carbons (Fsp3) is 0.438. The highest BCUT2D eigenvalue weighted by Gasteiger charge is 2.23. The highest BCUT2D eigenvalue weighted by molar-refractivity contribution is 8.76. The number of amides is 2. The second-order valence-corrected chi connectivity index (χ2v) is 8.21. The summed E-state index contributed by atoms with van der Waals surface area (Å²) in [6, 6.07) is 5.97. The lowest BCUT2D eigenvalue weighted by molar-refractivity contribution is -0.137. The first-order valence-corrected chi connectivity index (χ1v) is 9.39. The maximum Gasteiger partial charge on any atom is 0.253 e. The number of carbonyl (C=O) groups excluding carboxylic acids is 2. The Balaban J connectivity index is 0.000000220. The minimum Gasteiger partial charge on any atom is -0.275 e. The minimum atomic E-state index is -0.191. The highest BCUT2D eigenvalue weighted by atomic mass is 33.1. The van der Waals surface area contributed by atoms with Gasteiger partial charge in [0.2, 0.25) is 0 Å². The number of pyridine rings is 1. The number of carbonyl (C=O) groups is 2. The first-order chi connectivity index (χ1) is 10.4. The number of aromatic nitrogens is 1. The van der Waals surface area contributed by atoms with Crippen LogP contribution in [0.1, 0.15) is 27.7 Å². The minimum absolute atomic E-state index is 0.191. The maximum absolute atomic E-state index is 10.9. The van der Waals surface area contributed by atoms with E-state index in [0.29, 0.717) is 17.7 Å². The molecule has 0 bridgehead atoms. The van der Waals surface area contributed by atoms with Gasteiger partial charge in [0, 0.05) is 30.1 Å². The Labute approximate surface area is 140 Å². The van der Waals surface area contributed by atoms with E-state index in [0.717, 1.165) is 5.03 Å². The van der Waals surface area contributed by atoms with Crippen LogP contribution in [-0.4, -0.2) is 33.5 Å². The summed E-state index contributed by atoms with van der Waals surface area (Å²) in [7, 11) is 3.57. The summed E-state index contributed by atoms with van der Waals surface area (Å²) in [6.45, 7) is 8.82. The molecule has 0 atom stereocenters. The first kappa shape index (κ1) is 18.8. The number of rotatable bonds is 5. The lowest BCUT2D eigenvalue weighted by Gasteiger charge is -2.15. The van der Waals surface area contributed by atoms with Crippen LogP contribution in [0.5, 0.6) is 0 Å². The second-order valence-electron chi connectivity index (χ2n) is 5.41. The molecule has 2 rings (SSSR count). The lowest BCUT2D eigenvalue weighted by atomic mass is 10.2. The zero-order valence-electron chi connectivity index (χ0n) is 13.4. The van der Waals surface area contributed by atoms with Crippen molar-refractivity contribution in [2.75, 3.05) is 6.54 Å². The van der Waals surface area contributed by atoms with Crippen molar-refractivity contribution in [3.05, 3.63) is 36.5 Å². The van der Waals surface area contributed by atoms with Crippen molar-refractivity contribution >= 4 is 33.4 Å². The van der Waals surface area contributed by atoms with Crippen molar-refractivity contribution in [2.45, 2.75) is 38.0 Å². The third-order valence-electron chi connectivity index (χ3n) is 2.41. The summed E-state index contributed by atoms with van der Waals surface area (Å²) >= 11 is 0. The summed E-state index contributed by atoms with van der Waals surface area (Å²) in [5, 5.41) is 1.74. The van der Waals surface area contributed by atoms with Gasteiger partial charge in [0.15, 0.2) is 0 Å². The van der Waals surface area contributed by atoms with Gasteiger partial charge in [0.05, 0.1) is 0 Å². The summed E-state index contributed by atoms with van der Waals surface area (Å²) < 4.78 is 0. The maximum atomic E-state index is 10.9. The third-order valence-corrected chi connectivity index (χ3v) is 5.26. The van der Waals surface area contributed by atoms with Gasteiger partial charge in [0.25, 0.3) is 11.8 Å². The molecule has 22 heavy (non-hydrogen) atoms. The Bertz CT molecular complexity index is 498. The molecule has 0 spiro atoms. The summed E-state index contributed by atoms with van der Waals surface area (Å²) in [5.74, 6) is -0.0461. The number of imide groups is 1. The molecule has 0 saturated heterocycles. The van der Waals surface area contributed by atoms with Crippen molar-refractivity contribution < 1.29 is 9.59 Å². The summed E-state index contributed by atoms with van der Waals surface area (Å²) in [6.07, 6.45) is 4.44. The molecule has 0 N–H and O–H groups in total. The Kier molecular flexibility index (Phi) is 8.27. The van der Waals surface area contributed by atoms with Gasteiger partial charge in [0.1, 0.15) is 5.03 Å². The van der Waals surface area contributed by atoms with E-state index in [9.17, 15) is 9.59 Å². The number of hydrogen-bond donors (Lipinski definition) is 0. The zero-order chi connectivity index (χ0) is 16.5. The van der Waals surface area contributed by atoms with E-state index in [4.69, 9.17) is 0 Å². The van der Waals surface area contributed by atoms with Crippen LogP contribution in [0.15, 0.2) is 41.6 Å². The molecule has 1 aliphatic heterocycles. The van der Waals surface area contributed by atoms with Gasteiger partial charge in [-0.1, -0.05) is 44.6 Å². The molecule has 0 aromatic carbocycles. The quantitative estimate of drug-likeness (QED) is 0.604. The fourth-order valence-electron chi connectivity index (χ4n) is 1.52. The number of nitrogens with zero attached hydrogens (tertiary/aromatic N) is 2. The van der Waals surface area contributed by atoms with Gasteiger partial charge in [-0.2, -0.15) is 0 Å². The van der Waals surface area contributed by atoms with Crippen LogP contribution in [0, 0.1) is 5.92 Å². The molecule has 2 heterocycles. The molecule has 0 aliphatic carbocycles. The average molecular weight is 338 g/mol. The van der Waals surface area contributed by atoms with Gasteiger partial charge in [-0.3, -0.25) is 14.5 Å². The Morgan fingerprint density at radius 2 is 1.73 bits per heavy atom. The molecule has 0 saturated carbocycles. The molecule has 0 fully saturated rings. The molecule has 1 aromatic rings. The van der Waals surface area contributed by atoms with Crippen LogP contribution in [0.3, 0.4) is 0 Å². The van der Waals surface area contributed by atoms with Crippen molar-refractivity contribution in [1.29, 1.82) is 0 Å². The number of hydrogen-bond acceptors (Lipinski definition) is 5. The van der Waals surface area contributed by atoms with Crippen LogP contribution in [-0.2, 0) is 9.59 Å². The molecule has 1 aromatic heterocycles. The van der Waals surface area contributed by atoms with E-state index >= 15 is 0 Å². The average Bonchev–Trinajstić information content (AvgIpc) is 2.78. The van der Waals surface area contributed by atoms with E-state index in [1.165, 1.54) is 17.1 Å². The van der Waals surface area contributed by atoms with Gasteiger partial charge in [-0.05, 0) is 28.8 Å². The molecule has 0 unspecified atom stereocenters. The Morgan fingerprint density at radius 1 is 1.09 bits per heavy atom. The van der Waals surface area contributed by atoms with E-state index in [-0.39, 0.29) is 11.8 Å². The standard InChI is InChI=1S/C8H11NO2.C8H11NS2/c1-6(2)5-9-7(10)3-4-8(9)11;1-7(2)10-11-8-5-3-4-6-9-8/h3-4,6H,5H2,1-2H3;3-7H,1-2H3. The molecule has 1 aliphatic rings. The first-order valence-electron chi connectivity index (χ1n) is 7.18. The van der Waals surface area contributed by atoms with Gasteiger partial charge in [-0.25, -0.2) is 4.98 Å². The predicted octanol–water partition coefficient (Wildman–Crippen LogP) is 3.80. The fourth-order valence-corrected chi connectivity index (χ4v) is 3.22. The van der Waals surface area contributed by atoms with Crippen LogP contribution in [0.2, 0.25) is 0 Å². The van der Waals surface area contributed by atoms with Gasteiger partial charge < -0.3 is 0 Å². The molecular formula is C16H22N2O2S2. The van der Waals surface area contributed by atoms with Crippen molar-refractivity contribution in [2.24, 2.45) is 5.92 Å². The lowest BCUT2D eigenvalue weighted by Crippen LogP contribution is -2.33. The van der Waals surface area contributed by atoms with Crippen molar-refractivity contribution in [1.82, 2.24) is 9.88 Å². The van der Waals surface area contributed by atoms with Crippen molar-refractivity contribution in [3.8, 4) is 0 Å². The third kappa shape index (κ3) is 7.13.